The number of benzene rings is 1. The van der Waals surface area contributed by atoms with Gasteiger partial charge in [0.25, 0.3) is 0 Å². The topological polar surface area (TPSA) is 67.2 Å². The van der Waals surface area contributed by atoms with Crippen LogP contribution in [0.5, 0.6) is 0 Å². The number of carboxylic acid groups (broad SMARTS) is 1. The Morgan fingerprint density at radius 1 is 1.42 bits per heavy atom. The van der Waals surface area contributed by atoms with Crippen LogP contribution in [-0.4, -0.2) is 27.0 Å². The van der Waals surface area contributed by atoms with Gasteiger partial charge in [0.05, 0.1) is 12.2 Å². The number of amides is 1. The second kappa shape index (κ2) is 5.51. The largest absolute Gasteiger partial charge is 0.465 e. The van der Waals surface area contributed by atoms with Crippen molar-refractivity contribution in [3.63, 3.8) is 0 Å². The van der Waals surface area contributed by atoms with Crippen molar-refractivity contribution in [2.45, 2.75) is 19.5 Å². The Balaban J connectivity index is 2.06. The maximum absolute atomic E-state index is 12.8. The molecule has 2 rings (SSSR count). The van der Waals surface area contributed by atoms with Gasteiger partial charge >= 0.3 is 6.09 Å². The summed E-state index contributed by atoms with van der Waals surface area (Å²) in [5, 5.41) is 15.3. The third-order valence-corrected chi connectivity index (χ3v) is 2.61. The molecule has 19 heavy (non-hydrogen) atoms. The number of hydrogen-bond donors (Lipinski definition) is 2. The van der Waals surface area contributed by atoms with Crippen LogP contribution in [0.3, 0.4) is 0 Å². The number of rotatable bonds is 4. The highest BCUT2D eigenvalue weighted by atomic mass is 19.1. The van der Waals surface area contributed by atoms with Crippen molar-refractivity contribution in [2.75, 3.05) is 0 Å². The van der Waals surface area contributed by atoms with Crippen molar-refractivity contribution in [3.8, 4) is 11.3 Å². The number of carbonyl (C=O) groups is 1. The smallest absolute Gasteiger partial charge is 0.404 e. The predicted octanol–water partition coefficient (Wildman–Crippen LogP) is 2.35. The Bertz CT molecular complexity index is 566. The summed E-state index contributed by atoms with van der Waals surface area (Å²) in [6, 6.07) is 7.63. The van der Waals surface area contributed by atoms with Crippen LogP contribution in [-0.2, 0) is 6.54 Å². The summed E-state index contributed by atoms with van der Waals surface area (Å²) in [6.45, 7) is 2.20. The third-order valence-electron chi connectivity index (χ3n) is 2.61. The second-order valence-corrected chi connectivity index (χ2v) is 4.28. The fourth-order valence-corrected chi connectivity index (χ4v) is 1.77. The van der Waals surface area contributed by atoms with Gasteiger partial charge in [0.2, 0.25) is 0 Å². The van der Waals surface area contributed by atoms with Crippen LogP contribution in [0, 0.1) is 5.82 Å². The quantitative estimate of drug-likeness (QED) is 0.889. The lowest BCUT2D eigenvalue weighted by Crippen LogP contribution is -2.34. The van der Waals surface area contributed by atoms with E-state index >= 15 is 0 Å². The molecule has 1 heterocycles. The molecule has 2 aromatic rings. The molecule has 0 radical (unpaired) electrons. The molecule has 1 aromatic carbocycles. The summed E-state index contributed by atoms with van der Waals surface area (Å²) >= 11 is 0. The lowest BCUT2D eigenvalue weighted by Gasteiger charge is -2.10. The fourth-order valence-electron chi connectivity index (χ4n) is 1.77. The highest BCUT2D eigenvalue weighted by molar-refractivity contribution is 5.64. The summed E-state index contributed by atoms with van der Waals surface area (Å²) in [5.41, 5.74) is 1.54. The molecule has 0 saturated carbocycles. The Morgan fingerprint density at radius 2 is 2.11 bits per heavy atom. The van der Waals surface area contributed by atoms with Gasteiger partial charge in [-0.3, -0.25) is 4.68 Å². The van der Waals surface area contributed by atoms with Crippen molar-refractivity contribution < 1.29 is 14.3 Å². The van der Waals surface area contributed by atoms with E-state index in [0.29, 0.717) is 6.54 Å². The standard InChI is InChI=1S/C13H14FN3O2/c1-9(15-13(18)19)8-17-7-6-12(16-17)10-2-4-11(14)5-3-10/h2-7,9,15H,8H2,1H3,(H,18,19)/t9-/m0/s1. The fraction of sp³-hybridized carbons (Fsp3) is 0.231. The first-order valence-electron chi connectivity index (χ1n) is 5.83. The average molecular weight is 263 g/mol. The maximum Gasteiger partial charge on any atom is 0.404 e. The van der Waals surface area contributed by atoms with Crippen LogP contribution in [0.15, 0.2) is 36.5 Å². The summed E-state index contributed by atoms with van der Waals surface area (Å²) in [6.07, 6.45) is 0.706. The van der Waals surface area contributed by atoms with E-state index in [1.54, 1.807) is 36.0 Å². The van der Waals surface area contributed by atoms with Gasteiger partial charge in [-0.05, 0) is 37.3 Å². The Labute approximate surface area is 109 Å². The first kappa shape index (κ1) is 13.1. The van der Waals surface area contributed by atoms with E-state index in [0.717, 1.165) is 11.3 Å². The van der Waals surface area contributed by atoms with Crippen LogP contribution in [0.25, 0.3) is 11.3 Å². The monoisotopic (exact) mass is 263 g/mol. The molecule has 6 heteroatoms. The van der Waals surface area contributed by atoms with Gasteiger partial charge < -0.3 is 10.4 Å². The van der Waals surface area contributed by atoms with Crippen LogP contribution in [0.1, 0.15) is 6.92 Å². The van der Waals surface area contributed by atoms with E-state index in [2.05, 4.69) is 10.4 Å². The van der Waals surface area contributed by atoms with Gasteiger partial charge in [-0.15, -0.1) is 0 Å². The molecule has 2 N–H and O–H groups in total. The van der Waals surface area contributed by atoms with E-state index in [4.69, 9.17) is 5.11 Å². The Hall–Kier alpha value is -2.37. The molecule has 0 bridgehead atoms. The zero-order chi connectivity index (χ0) is 13.8. The molecule has 0 spiro atoms. The zero-order valence-electron chi connectivity index (χ0n) is 10.4. The molecule has 5 nitrogen and oxygen atoms in total. The maximum atomic E-state index is 12.8. The molecule has 0 saturated heterocycles. The molecule has 1 amide bonds. The minimum absolute atomic E-state index is 0.238. The van der Waals surface area contributed by atoms with Gasteiger partial charge in [-0.1, -0.05) is 0 Å². The summed E-state index contributed by atoms with van der Waals surface area (Å²) in [7, 11) is 0. The molecular formula is C13H14FN3O2. The number of nitrogens with one attached hydrogen (secondary N) is 1. The Morgan fingerprint density at radius 3 is 2.74 bits per heavy atom. The summed E-state index contributed by atoms with van der Waals surface area (Å²) in [4.78, 5) is 10.5. The third kappa shape index (κ3) is 3.54. The van der Waals surface area contributed by atoms with Gasteiger partial charge in [0.15, 0.2) is 0 Å². The van der Waals surface area contributed by atoms with Crippen LogP contribution >= 0.6 is 0 Å². The molecule has 0 aliphatic rings. The molecule has 0 unspecified atom stereocenters. The van der Waals surface area contributed by atoms with Gasteiger partial charge in [0.1, 0.15) is 5.82 Å². The molecule has 1 atom stereocenters. The van der Waals surface area contributed by atoms with Crippen molar-refractivity contribution in [1.29, 1.82) is 0 Å². The zero-order valence-corrected chi connectivity index (χ0v) is 10.4. The number of halogens is 1. The van der Waals surface area contributed by atoms with Crippen LogP contribution in [0.4, 0.5) is 9.18 Å². The highest BCUT2D eigenvalue weighted by Gasteiger charge is 2.08. The number of hydrogen-bond acceptors (Lipinski definition) is 2. The van der Waals surface area contributed by atoms with Crippen molar-refractivity contribution in [2.24, 2.45) is 0 Å². The minimum Gasteiger partial charge on any atom is -0.465 e. The summed E-state index contributed by atoms with van der Waals surface area (Å²) < 4.78 is 14.5. The lowest BCUT2D eigenvalue weighted by atomic mass is 10.1. The minimum atomic E-state index is -1.06. The van der Waals surface area contributed by atoms with E-state index in [1.807, 2.05) is 0 Å². The molecule has 0 aliphatic carbocycles. The number of aromatic nitrogens is 2. The van der Waals surface area contributed by atoms with Gasteiger partial charge in [0, 0.05) is 17.8 Å². The van der Waals surface area contributed by atoms with Crippen molar-refractivity contribution in [3.05, 3.63) is 42.3 Å². The Kier molecular flexibility index (Phi) is 3.79. The molecule has 0 aliphatic heterocycles. The van der Waals surface area contributed by atoms with Crippen LogP contribution < -0.4 is 5.32 Å². The average Bonchev–Trinajstić information content (AvgIpc) is 2.77. The normalized spacial score (nSPS) is 12.1. The second-order valence-electron chi connectivity index (χ2n) is 4.28. The van der Waals surface area contributed by atoms with Crippen molar-refractivity contribution in [1.82, 2.24) is 15.1 Å². The van der Waals surface area contributed by atoms with E-state index < -0.39 is 6.09 Å². The van der Waals surface area contributed by atoms with E-state index in [-0.39, 0.29) is 11.9 Å². The summed E-state index contributed by atoms with van der Waals surface area (Å²) in [5.74, 6) is -0.289. The van der Waals surface area contributed by atoms with Crippen molar-refractivity contribution >= 4 is 6.09 Å². The first-order chi connectivity index (χ1) is 9.04. The van der Waals surface area contributed by atoms with Gasteiger partial charge in [-0.2, -0.15) is 5.10 Å². The number of nitrogens with zero attached hydrogens (tertiary/aromatic N) is 2. The highest BCUT2D eigenvalue weighted by Crippen LogP contribution is 2.17. The van der Waals surface area contributed by atoms with E-state index in [9.17, 15) is 9.18 Å². The van der Waals surface area contributed by atoms with Crippen LogP contribution in [0.2, 0.25) is 0 Å². The molecule has 100 valence electrons. The first-order valence-corrected chi connectivity index (χ1v) is 5.83. The van der Waals surface area contributed by atoms with Gasteiger partial charge in [-0.25, -0.2) is 9.18 Å². The SMILES string of the molecule is C[C@@H](Cn1ccc(-c2ccc(F)cc2)n1)NC(=O)O. The predicted molar refractivity (Wildman–Crippen MR) is 68.2 cm³/mol. The van der Waals surface area contributed by atoms with E-state index in [1.165, 1.54) is 12.1 Å². The molecule has 1 aromatic heterocycles. The lowest BCUT2D eigenvalue weighted by molar-refractivity contribution is 0.189. The molecular weight excluding hydrogens is 249 g/mol. The molecule has 0 fully saturated rings.